The van der Waals surface area contributed by atoms with Crippen LogP contribution in [0.2, 0.25) is 0 Å². The van der Waals surface area contributed by atoms with E-state index in [0.29, 0.717) is 23.7 Å². The quantitative estimate of drug-likeness (QED) is 0.520. The first-order chi connectivity index (χ1) is 15.7. The van der Waals surface area contributed by atoms with Crippen molar-refractivity contribution in [2.45, 2.75) is 130 Å². The lowest BCUT2D eigenvalue weighted by Gasteiger charge is -2.70. The third-order valence-corrected chi connectivity index (χ3v) is 13.1. The number of fused-ring (bicyclic) bond motifs is 4. The lowest BCUT2D eigenvalue weighted by molar-refractivity contribution is -0.347. The van der Waals surface area contributed by atoms with Gasteiger partial charge in [-0.2, -0.15) is 0 Å². The van der Waals surface area contributed by atoms with Crippen LogP contribution in [0.3, 0.4) is 0 Å². The molecule has 0 aromatic rings. The van der Waals surface area contributed by atoms with Gasteiger partial charge in [-0.25, -0.2) is 0 Å². The smallest absolute Gasteiger partial charge is 0.175 e. The van der Waals surface area contributed by atoms with Crippen LogP contribution in [0, 0.1) is 51.2 Å². The first-order valence-corrected chi connectivity index (χ1v) is 14.4. The second-order valence-corrected chi connectivity index (χ2v) is 15.5. The predicted molar refractivity (Wildman–Crippen MR) is 133 cm³/mol. The molecule has 2 spiro atoms. The van der Waals surface area contributed by atoms with Crippen LogP contribution in [-0.2, 0) is 9.47 Å². The summed E-state index contributed by atoms with van der Waals surface area (Å²) < 4.78 is 13.7. The fraction of sp³-hybridized carbons (Fsp3) is 1.00. The van der Waals surface area contributed by atoms with E-state index < -0.39 is 11.4 Å². The summed E-state index contributed by atoms with van der Waals surface area (Å²) in [7, 11) is 0. The Morgan fingerprint density at radius 3 is 2.38 bits per heavy atom. The monoisotopic (exact) mass is 474 g/mol. The first kappa shape index (κ1) is 24.2. The Labute approximate surface area is 207 Å². The molecule has 0 amide bonds. The van der Waals surface area contributed by atoms with E-state index >= 15 is 0 Å². The van der Waals surface area contributed by atoms with Gasteiger partial charge in [-0.3, -0.25) is 0 Å². The third-order valence-electron chi connectivity index (χ3n) is 13.1. The van der Waals surface area contributed by atoms with Gasteiger partial charge in [0.2, 0.25) is 0 Å². The highest BCUT2D eigenvalue weighted by Gasteiger charge is 2.80. The molecule has 0 radical (unpaired) electrons. The second-order valence-electron chi connectivity index (χ2n) is 15.5. The molecular weight excluding hydrogens is 424 g/mol. The SMILES string of the molecule is CC(C)C[C@@H]1C[C@](C)(O)[C@@H]2[C@H]3CC[C@@H]4[C@@]5(C)CC[C@H](O)C(C)(C)[C@@H]5CC[C@@]4(C)[C@@]34CO[C@@]2(C4)O1. The topological polar surface area (TPSA) is 58.9 Å². The standard InChI is InChI=1S/C30H50O4/c1-18(2)14-19-15-28(7,32)24-20-8-9-22-26(5)12-11-23(31)25(3,4)21(26)10-13-27(22,6)29(20)16-30(24,34-19)33-17-29/h18-24,31-32H,8-17H2,1-7H3/t19-,20-,21+,22-,23+,24+,26+,27-,28+,29+,30+/m1/s1. The van der Waals surface area contributed by atoms with Crippen LogP contribution in [0.1, 0.15) is 106 Å². The van der Waals surface area contributed by atoms with Crippen LogP contribution in [0.15, 0.2) is 0 Å². The van der Waals surface area contributed by atoms with E-state index in [1.807, 2.05) is 0 Å². The maximum atomic E-state index is 11.9. The lowest BCUT2D eigenvalue weighted by atomic mass is 9.35. The Bertz CT molecular complexity index is 851. The maximum Gasteiger partial charge on any atom is 0.175 e. The van der Waals surface area contributed by atoms with Gasteiger partial charge in [-0.05, 0) is 91.8 Å². The van der Waals surface area contributed by atoms with Crippen LogP contribution in [0.25, 0.3) is 0 Å². The van der Waals surface area contributed by atoms with Crippen LogP contribution in [-0.4, -0.2) is 40.4 Å². The van der Waals surface area contributed by atoms with Crippen molar-refractivity contribution in [2.75, 3.05) is 6.61 Å². The van der Waals surface area contributed by atoms with E-state index in [0.717, 1.165) is 38.7 Å². The molecule has 34 heavy (non-hydrogen) atoms. The van der Waals surface area contributed by atoms with E-state index in [4.69, 9.17) is 9.47 Å². The summed E-state index contributed by atoms with van der Waals surface area (Å²) >= 11 is 0. The van der Waals surface area contributed by atoms with Gasteiger partial charge >= 0.3 is 0 Å². The zero-order valence-corrected chi connectivity index (χ0v) is 22.8. The molecule has 6 fully saturated rings. The number of aliphatic hydroxyl groups is 2. The minimum atomic E-state index is -0.730. The minimum Gasteiger partial charge on any atom is -0.393 e. The molecule has 2 saturated heterocycles. The number of hydrogen-bond acceptors (Lipinski definition) is 4. The van der Waals surface area contributed by atoms with Gasteiger partial charge in [0.05, 0.1) is 24.4 Å². The Kier molecular flexibility index (Phi) is 5.00. The van der Waals surface area contributed by atoms with Crippen LogP contribution < -0.4 is 0 Å². The van der Waals surface area contributed by atoms with E-state index in [-0.39, 0.29) is 39.8 Å². The van der Waals surface area contributed by atoms with Crippen LogP contribution in [0.4, 0.5) is 0 Å². The minimum absolute atomic E-state index is 0.0171. The summed E-state index contributed by atoms with van der Waals surface area (Å²) in [4.78, 5) is 0. The van der Waals surface area contributed by atoms with E-state index in [1.165, 1.54) is 25.7 Å². The van der Waals surface area contributed by atoms with Gasteiger partial charge in [0.25, 0.3) is 0 Å². The Morgan fingerprint density at radius 1 is 0.941 bits per heavy atom. The fourth-order valence-electron chi connectivity index (χ4n) is 11.8. The van der Waals surface area contributed by atoms with Gasteiger partial charge in [-0.15, -0.1) is 0 Å². The average molecular weight is 475 g/mol. The average Bonchev–Trinajstić information content (AvgIpc) is 3.22. The summed E-state index contributed by atoms with van der Waals surface area (Å²) in [5.41, 5.74) is -0.177. The zero-order chi connectivity index (χ0) is 24.5. The number of ether oxygens (including phenoxy) is 2. The number of aliphatic hydroxyl groups excluding tert-OH is 1. The van der Waals surface area contributed by atoms with Gasteiger partial charge in [0.15, 0.2) is 5.79 Å². The van der Waals surface area contributed by atoms with Crippen molar-refractivity contribution < 1.29 is 19.7 Å². The molecule has 6 aliphatic rings. The Hall–Kier alpha value is -0.160. The zero-order valence-electron chi connectivity index (χ0n) is 22.8. The predicted octanol–water partition coefficient (Wildman–Crippen LogP) is 5.93. The molecule has 2 heterocycles. The van der Waals surface area contributed by atoms with Crippen molar-refractivity contribution in [3.63, 3.8) is 0 Å². The van der Waals surface area contributed by atoms with Crippen molar-refractivity contribution in [1.29, 1.82) is 0 Å². The van der Waals surface area contributed by atoms with Crippen LogP contribution in [0.5, 0.6) is 0 Å². The summed E-state index contributed by atoms with van der Waals surface area (Å²) in [5.74, 6) is 1.75. The molecule has 4 aliphatic carbocycles. The van der Waals surface area contributed by atoms with Crippen molar-refractivity contribution in [3.8, 4) is 0 Å². The second kappa shape index (κ2) is 7.03. The van der Waals surface area contributed by atoms with Gasteiger partial charge < -0.3 is 19.7 Å². The van der Waals surface area contributed by atoms with E-state index in [1.54, 1.807) is 0 Å². The highest BCUT2D eigenvalue weighted by Crippen LogP contribution is 2.80. The number of rotatable bonds is 2. The van der Waals surface area contributed by atoms with Gasteiger partial charge in [0.1, 0.15) is 0 Å². The number of hydrogen-bond donors (Lipinski definition) is 2. The third kappa shape index (κ3) is 2.76. The molecule has 4 heteroatoms. The lowest BCUT2D eigenvalue weighted by Crippen LogP contribution is -2.67. The molecule has 0 aromatic carbocycles. The molecule has 2 N–H and O–H groups in total. The molecule has 194 valence electrons. The molecule has 0 unspecified atom stereocenters. The maximum absolute atomic E-state index is 11.9. The summed E-state index contributed by atoms with van der Waals surface area (Å²) in [6.07, 6.45) is 9.53. The van der Waals surface area contributed by atoms with E-state index in [9.17, 15) is 10.2 Å². The molecule has 2 aliphatic heterocycles. The Morgan fingerprint density at radius 2 is 1.68 bits per heavy atom. The Balaban J connectivity index is 1.39. The van der Waals surface area contributed by atoms with Gasteiger partial charge in [0, 0.05) is 24.2 Å². The van der Waals surface area contributed by atoms with Crippen molar-refractivity contribution in [1.82, 2.24) is 0 Å². The highest BCUT2D eigenvalue weighted by molar-refractivity contribution is 5.25. The van der Waals surface area contributed by atoms with Crippen molar-refractivity contribution >= 4 is 0 Å². The molecule has 2 bridgehead atoms. The van der Waals surface area contributed by atoms with Gasteiger partial charge in [-0.1, -0.05) is 41.5 Å². The van der Waals surface area contributed by atoms with Crippen LogP contribution >= 0.6 is 0 Å². The van der Waals surface area contributed by atoms with E-state index in [2.05, 4.69) is 48.5 Å². The highest BCUT2D eigenvalue weighted by atomic mass is 16.7. The summed E-state index contributed by atoms with van der Waals surface area (Å²) in [6, 6.07) is 0. The molecule has 4 saturated carbocycles. The molecule has 4 nitrogen and oxygen atoms in total. The first-order valence-electron chi connectivity index (χ1n) is 14.4. The largest absolute Gasteiger partial charge is 0.393 e. The molecule has 6 rings (SSSR count). The molecule has 0 aromatic heterocycles. The van der Waals surface area contributed by atoms with Crippen molar-refractivity contribution in [2.24, 2.45) is 51.2 Å². The van der Waals surface area contributed by atoms with Crippen molar-refractivity contribution in [3.05, 3.63) is 0 Å². The molecular formula is C30H50O4. The normalized spacial score (nSPS) is 59.8. The summed E-state index contributed by atoms with van der Waals surface area (Å²) in [6.45, 7) is 17.2. The summed E-state index contributed by atoms with van der Waals surface area (Å²) in [5, 5.41) is 22.8. The fourth-order valence-corrected chi connectivity index (χ4v) is 11.8. The molecule has 11 atom stereocenters.